The van der Waals surface area contributed by atoms with E-state index in [-0.39, 0.29) is 18.5 Å². The predicted molar refractivity (Wildman–Crippen MR) is 125 cm³/mol. The molecule has 0 spiro atoms. The van der Waals surface area contributed by atoms with Gasteiger partial charge in [0.25, 0.3) is 0 Å². The topological polar surface area (TPSA) is 56.1 Å². The molecule has 6 nitrogen and oxygen atoms in total. The van der Waals surface area contributed by atoms with E-state index in [1.807, 2.05) is 30.3 Å². The van der Waals surface area contributed by atoms with Gasteiger partial charge in [-0.25, -0.2) is 0 Å². The van der Waals surface area contributed by atoms with E-state index >= 15 is 0 Å². The number of aryl methyl sites for hydroxylation is 1. The van der Waals surface area contributed by atoms with Gasteiger partial charge < -0.3 is 4.74 Å². The Kier molecular flexibility index (Phi) is 7.75. The highest BCUT2D eigenvalue weighted by Crippen LogP contribution is 2.46. The summed E-state index contributed by atoms with van der Waals surface area (Å²) in [5.41, 5.74) is -0.397. The molecule has 2 unspecified atom stereocenters. The second kappa shape index (κ2) is 10.8. The van der Waals surface area contributed by atoms with Crippen LogP contribution >= 0.6 is 11.6 Å². The van der Waals surface area contributed by atoms with Crippen molar-refractivity contribution in [2.24, 2.45) is 0 Å². The molecule has 3 aromatic rings. The first-order valence-corrected chi connectivity index (χ1v) is 11.7. The van der Waals surface area contributed by atoms with Gasteiger partial charge in [0.05, 0.1) is 30.6 Å². The van der Waals surface area contributed by atoms with E-state index in [9.17, 15) is 13.2 Å². The third kappa shape index (κ3) is 5.50. The van der Waals surface area contributed by atoms with Crippen molar-refractivity contribution in [3.63, 3.8) is 0 Å². The van der Waals surface area contributed by atoms with Crippen molar-refractivity contribution in [1.82, 2.24) is 25.1 Å². The van der Waals surface area contributed by atoms with Gasteiger partial charge in [-0.1, -0.05) is 54.3 Å². The molecule has 0 bridgehead atoms. The summed E-state index contributed by atoms with van der Waals surface area (Å²) < 4.78 is 48.1. The summed E-state index contributed by atoms with van der Waals surface area (Å²) in [6.07, 6.45) is -3.11. The number of ether oxygens (including phenoxy) is 1. The number of rotatable bonds is 6. The lowest BCUT2D eigenvalue weighted by Gasteiger charge is -2.49. The van der Waals surface area contributed by atoms with E-state index in [4.69, 9.17) is 16.3 Å². The summed E-state index contributed by atoms with van der Waals surface area (Å²) in [7, 11) is 0. The van der Waals surface area contributed by atoms with Gasteiger partial charge in [-0.3, -0.25) is 4.90 Å². The van der Waals surface area contributed by atoms with Crippen LogP contribution in [0.15, 0.2) is 54.6 Å². The van der Waals surface area contributed by atoms with E-state index in [1.165, 1.54) is 6.07 Å². The zero-order valence-electron chi connectivity index (χ0n) is 19.2. The fourth-order valence-electron chi connectivity index (χ4n) is 4.63. The molecule has 10 heteroatoms. The quantitative estimate of drug-likeness (QED) is 0.352. The zero-order chi connectivity index (χ0) is 24.9. The average Bonchev–Trinajstić information content (AvgIpc) is 3.29. The van der Waals surface area contributed by atoms with Crippen LogP contribution in [0, 0.1) is 18.8 Å². The molecular weight excluding hydrogens is 479 g/mol. The normalized spacial score (nSPS) is 20.9. The summed E-state index contributed by atoms with van der Waals surface area (Å²) in [5.74, 6) is 6.78. The van der Waals surface area contributed by atoms with Crippen LogP contribution in [0.1, 0.15) is 41.4 Å². The van der Waals surface area contributed by atoms with Gasteiger partial charge in [0.2, 0.25) is 0 Å². The first-order valence-electron chi connectivity index (χ1n) is 11.2. The molecule has 4 rings (SSSR count). The molecule has 35 heavy (non-hydrogen) atoms. The number of alkyl halides is 4. The van der Waals surface area contributed by atoms with E-state index in [0.29, 0.717) is 24.4 Å². The molecule has 0 N–H and O–H groups in total. The second-order valence-electron chi connectivity index (χ2n) is 8.34. The first-order chi connectivity index (χ1) is 16.8. The third-order valence-electron chi connectivity index (χ3n) is 6.09. The minimum absolute atomic E-state index is 0.0479. The van der Waals surface area contributed by atoms with E-state index < -0.39 is 17.5 Å². The Morgan fingerprint density at radius 3 is 2.63 bits per heavy atom. The van der Waals surface area contributed by atoms with Crippen LogP contribution in [0.4, 0.5) is 13.2 Å². The van der Waals surface area contributed by atoms with Crippen LogP contribution in [-0.4, -0.2) is 44.1 Å². The molecule has 1 saturated heterocycles. The summed E-state index contributed by atoms with van der Waals surface area (Å²) in [6.45, 7) is 2.94. The predicted octanol–water partition coefficient (Wildman–Crippen LogP) is 4.95. The van der Waals surface area contributed by atoms with Crippen molar-refractivity contribution in [2.75, 3.05) is 19.0 Å². The maximum Gasteiger partial charge on any atom is 0.416 e. The molecule has 1 aromatic heterocycles. The Hall–Kier alpha value is -2.93. The van der Waals surface area contributed by atoms with Crippen molar-refractivity contribution in [3.05, 3.63) is 77.1 Å². The summed E-state index contributed by atoms with van der Waals surface area (Å²) in [5, 5.41) is 12.2. The summed E-state index contributed by atoms with van der Waals surface area (Å²) in [6, 6.07) is 14.7. The minimum atomic E-state index is -4.44. The summed E-state index contributed by atoms with van der Waals surface area (Å²) >= 11 is 5.77. The first kappa shape index (κ1) is 25.2. The van der Waals surface area contributed by atoms with Crippen LogP contribution in [0.5, 0.6) is 0 Å². The Balaban J connectivity index is 1.78. The molecule has 2 aromatic carbocycles. The van der Waals surface area contributed by atoms with Gasteiger partial charge in [-0.15, -0.1) is 16.7 Å². The lowest BCUT2D eigenvalue weighted by atomic mass is 9.86. The number of likely N-dealkylation sites (tertiary alicyclic amines) is 1. The number of aromatic nitrogens is 4. The van der Waals surface area contributed by atoms with Gasteiger partial charge in [0, 0.05) is 13.0 Å². The number of tetrazole rings is 1. The third-order valence-corrected chi connectivity index (χ3v) is 6.22. The zero-order valence-corrected chi connectivity index (χ0v) is 19.9. The number of halogens is 4. The van der Waals surface area contributed by atoms with Gasteiger partial charge in [-0.2, -0.15) is 17.9 Å². The minimum Gasteiger partial charge on any atom is -0.347 e. The molecule has 1 fully saturated rings. The van der Waals surface area contributed by atoms with Crippen LogP contribution < -0.4 is 0 Å². The van der Waals surface area contributed by atoms with Gasteiger partial charge in [-0.05, 0) is 47.0 Å². The van der Waals surface area contributed by atoms with E-state index in [0.717, 1.165) is 30.7 Å². The van der Waals surface area contributed by atoms with Gasteiger partial charge in [0.15, 0.2) is 11.5 Å². The summed E-state index contributed by atoms with van der Waals surface area (Å²) in [4.78, 5) is 2.19. The molecule has 0 saturated carbocycles. The molecule has 184 valence electrons. The smallest absolute Gasteiger partial charge is 0.347 e. The van der Waals surface area contributed by atoms with Gasteiger partial charge >= 0.3 is 6.18 Å². The maximum absolute atomic E-state index is 13.3. The van der Waals surface area contributed by atoms with Crippen molar-refractivity contribution in [1.29, 1.82) is 0 Å². The van der Waals surface area contributed by atoms with E-state index in [1.54, 1.807) is 17.7 Å². The van der Waals surface area contributed by atoms with Crippen LogP contribution in [0.3, 0.4) is 0 Å². The fourth-order valence-corrected chi connectivity index (χ4v) is 4.72. The van der Waals surface area contributed by atoms with Crippen molar-refractivity contribution < 1.29 is 17.9 Å². The average molecular weight is 504 g/mol. The van der Waals surface area contributed by atoms with Crippen molar-refractivity contribution >= 4 is 11.6 Å². The number of piperidine rings is 1. The number of nitrogens with zero attached hydrogens (tertiary/aromatic N) is 5. The van der Waals surface area contributed by atoms with E-state index in [2.05, 4.69) is 32.3 Å². The lowest BCUT2D eigenvalue weighted by Crippen LogP contribution is -2.54. The van der Waals surface area contributed by atoms with Crippen molar-refractivity contribution in [3.8, 4) is 11.8 Å². The number of hydrogen-bond donors (Lipinski definition) is 0. The molecular formula is C25H25ClF3N5O. The Morgan fingerprint density at radius 2 is 1.94 bits per heavy atom. The lowest BCUT2D eigenvalue weighted by molar-refractivity contribution is -0.199. The highest BCUT2D eigenvalue weighted by Gasteiger charge is 2.50. The molecule has 0 radical (unpaired) electrons. The number of hydrogen-bond acceptors (Lipinski definition) is 5. The molecule has 2 heterocycles. The Labute approximate surface area is 207 Å². The van der Waals surface area contributed by atoms with Crippen LogP contribution in [-0.2, 0) is 23.2 Å². The number of benzene rings is 2. The highest BCUT2D eigenvalue weighted by atomic mass is 35.5. The standard InChI is InChI=1S/C25H25ClF3N5O/c1-19-30-31-32-34(19)24(35-18-20-9-7-12-22(17-20)25(27,28)29)13-8-16-33(15-6-5-14-26)23(24)21-10-3-2-4-11-21/h2-4,7,9-12,17,23H,8,13-16,18H2,1H3. The molecule has 2 atom stereocenters. The fraction of sp³-hybridized carbons (Fsp3) is 0.400. The largest absolute Gasteiger partial charge is 0.416 e. The van der Waals surface area contributed by atoms with Crippen LogP contribution in [0.25, 0.3) is 0 Å². The second-order valence-corrected chi connectivity index (χ2v) is 8.61. The Morgan fingerprint density at radius 1 is 1.14 bits per heavy atom. The SMILES string of the molecule is Cc1nnnn1C1(OCc2cccc(C(F)(F)F)c2)CCCN(CC#CCCl)C1c1ccccc1. The van der Waals surface area contributed by atoms with Crippen molar-refractivity contribution in [2.45, 2.75) is 44.3 Å². The molecule has 0 aliphatic carbocycles. The maximum atomic E-state index is 13.3. The highest BCUT2D eigenvalue weighted by molar-refractivity contribution is 6.19. The molecule has 0 amide bonds. The molecule has 1 aliphatic rings. The van der Waals surface area contributed by atoms with Gasteiger partial charge in [0.1, 0.15) is 0 Å². The molecule has 1 aliphatic heterocycles. The monoisotopic (exact) mass is 503 g/mol. The Bertz CT molecular complexity index is 1190. The van der Waals surface area contributed by atoms with Crippen LogP contribution in [0.2, 0.25) is 0 Å².